The third-order valence-corrected chi connectivity index (χ3v) is 10.9. The lowest BCUT2D eigenvalue weighted by molar-refractivity contribution is -0.127. The molecule has 0 bridgehead atoms. The lowest BCUT2D eigenvalue weighted by atomic mass is 9.88. The van der Waals surface area contributed by atoms with E-state index in [4.69, 9.17) is 4.63 Å². The van der Waals surface area contributed by atoms with Crippen LogP contribution in [0.2, 0.25) is 0 Å². The fourth-order valence-corrected chi connectivity index (χ4v) is 7.80. The van der Waals surface area contributed by atoms with Crippen molar-refractivity contribution < 1.29 is 28.2 Å². The molecule has 8 rings (SSSR count). The minimum Gasteiger partial charge on any atom is -0.338 e. The number of nitrogens with zero attached hydrogens (tertiary/aromatic N) is 3. The van der Waals surface area contributed by atoms with Crippen molar-refractivity contribution in [3.63, 3.8) is 0 Å². The monoisotopic (exact) mass is 655 g/mol. The van der Waals surface area contributed by atoms with Crippen molar-refractivity contribution >= 4 is 35.1 Å². The number of rotatable bonds is 10. The average molecular weight is 656 g/mol. The highest BCUT2D eigenvalue weighted by Crippen LogP contribution is 2.52. The maximum absolute atomic E-state index is 14.2. The number of halogens is 1. The van der Waals surface area contributed by atoms with Crippen molar-refractivity contribution in [2.45, 2.75) is 69.9 Å². The van der Waals surface area contributed by atoms with E-state index in [0.29, 0.717) is 42.0 Å². The first-order valence-corrected chi connectivity index (χ1v) is 16.8. The van der Waals surface area contributed by atoms with Crippen molar-refractivity contribution in [2.75, 3.05) is 23.7 Å². The Bertz CT molecular complexity index is 1800. The quantitative estimate of drug-likeness (QED) is 0.257. The van der Waals surface area contributed by atoms with Gasteiger partial charge in [-0.1, -0.05) is 17.3 Å². The predicted molar refractivity (Wildman–Crippen MR) is 171 cm³/mol. The molecule has 1 aromatic heterocycles. The first-order chi connectivity index (χ1) is 23.1. The van der Waals surface area contributed by atoms with E-state index in [0.717, 1.165) is 49.7 Å². The van der Waals surface area contributed by atoms with Gasteiger partial charge in [0.05, 0.1) is 0 Å². The Morgan fingerprint density at radius 1 is 0.979 bits per heavy atom. The number of urea groups is 1. The maximum Gasteiger partial charge on any atom is 0.318 e. The Balaban J connectivity index is 1.06. The summed E-state index contributed by atoms with van der Waals surface area (Å²) in [6.07, 6.45) is 6.54. The molecule has 2 aromatic carbocycles. The maximum atomic E-state index is 14.2. The van der Waals surface area contributed by atoms with Gasteiger partial charge in [-0.3, -0.25) is 14.4 Å². The number of aromatic nitrogens is 2. The highest BCUT2D eigenvalue weighted by Gasteiger charge is 2.57. The summed E-state index contributed by atoms with van der Waals surface area (Å²) in [7, 11) is 0. The van der Waals surface area contributed by atoms with E-state index in [2.05, 4.69) is 31.6 Å². The first kappa shape index (κ1) is 30.5. The third-order valence-electron chi connectivity index (χ3n) is 10.9. The number of aryl methyl sites for hydroxylation is 1. The second kappa shape index (κ2) is 11.4. The molecule has 4 N–H and O–H groups in total. The lowest BCUT2D eigenvalue weighted by Gasteiger charge is -2.44. The Kier molecular flexibility index (Phi) is 7.26. The number of fused-ring (bicyclic) bond motifs is 1. The smallest absolute Gasteiger partial charge is 0.318 e. The minimum absolute atomic E-state index is 0.00933. The van der Waals surface area contributed by atoms with Gasteiger partial charge in [0, 0.05) is 42.7 Å². The molecular weight excluding hydrogens is 617 g/mol. The van der Waals surface area contributed by atoms with Gasteiger partial charge in [-0.2, -0.15) is 0 Å². The summed E-state index contributed by atoms with van der Waals surface area (Å²) < 4.78 is 18.8. The van der Waals surface area contributed by atoms with Gasteiger partial charge in [-0.15, -0.1) is 0 Å². The molecule has 3 aromatic rings. The Morgan fingerprint density at radius 2 is 1.71 bits per heavy atom. The van der Waals surface area contributed by atoms with Crippen molar-refractivity contribution in [2.24, 2.45) is 23.2 Å². The minimum atomic E-state index is -1.25. The normalized spacial score (nSPS) is 23.0. The second-order valence-corrected chi connectivity index (χ2v) is 14.5. The van der Waals surface area contributed by atoms with E-state index in [1.54, 1.807) is 24.0 Å². The number of amides is 5. The van der Waals surface area contributed by atoms with Crippen LogP contribution in [-0.2, 0) is 22.4 Å². The Hall–Kier alpha value is -4.81. The number of carbonyl (C=O) groups is 4. The first-order valence-electron chi connectivity index (χ1n) is 16.8. The van der Waals surface area contributed by atoms with E-state index in [1.165, 1.54) is 18.2 Å². The third kappa shape index (κ3) is 5.68. The summed E-state index contributed by atoms with van der Waals surface area (Å²) in [4.78, 5) is 56.5. The molecule has 13 heteroatoms. The summed E-state index contributed by atoms with van der Waals surface area (Å²) >= 11 is 0. The fourth-order valence-electron chi connectivity index (χ4n) is 7.80. The molecule has 5 aliphatic rings. The number of benzene rings is 2. The molecule has 1 aliphatic heterocycles. The van der Waals surface area contributed by atoms with Crippen LogP contribution in [-0.4, -0.2) is 63.6 Å². The molecular formula is C35H38FN7O5. The second-order valence-electron chi connectivity index (χ2n) is 14.5. The zero-order chi connectivity index (χ0) is 33.2. The van der Waals surface area contributed by atoms with Crippen LogP contribution in [0.1, 0.15) is 65.8 Å². The molecule has 4 fully saturated rings. The van der Waals surface area contributed by atoms with Gasteiger partial charge >= 0.3 is 6.03 Å². The zero-order valence-corrected chi connectivity index (χ0v) is 26.7. The van der Waals surface area contributed by atoms with Crippen molar-refractivity contribution in [1.82, 2.24) is 25.8 Å². The van der Waals surface area contributed by atoms with E-state index in [-0.39, 0.29) is 47.7 Å². The Morgan fingerprint density at radius 3 is 2.38 bits per heavy atom. The van der Waals surface area contributed by atoms with Crippen molar-refractivity contribution in [3.05, 3.63) is 70.8 Å². The van der Waals surface area contributed by atoms with Crippen LogP contribution in [0.15, 0.2) is 47.1 Å². The van der Waals surface area contributed by atoms with Crippen LogP contribution in [0.5, 0.6) is 0 Å². The summed E-state index contributed by atoms with van der Waals surface area (Å²) in [5, 5.41) is 19.3. The number of hydrogen-bond donors (Lipinski definition) is 4. The molecule has 3 saturated carbocycles. The van der Waals surface area contributed by atoms with Gasteiger partial charge in [0.2, 0.25) is 5.91 Å². The van der Waals surface area contributed by atoms with Crippen molar-refractivity contribution in [3.8, 4) is 0 Å². The lowest BCUT2D eigenvalue weighted by Crippen LogP contribution is -2.66. The van der Waals surface area contributed by atoms with Crippen LogP contribution in [0.3, 0.4) is 0 Å². The number of nitrogens with one attached hydrogen (secondary N) is 4. The standard InChI is InChI=1S/C35H38FN7O5/c1-19-28(42-48-41-19)30(44)40-29(27(20-5-6-20)21-7-8-21)31(45)38-26-10-9-22-15-35(16-23(22)13-26,32(46)39-25-4-2-3-24(36)14-25)43-18-34(11-12-34)17-37-33(43)47/h2-4,9-10,13-14,20-21,27,29H,5-8,11-12,15-18H2,1H3,(H,37,47)(H,38,45)(H,39,46)(H,40,44)/t29-,35?/m0/s1. The average Bonchev–Trinajstić information content (AvgIpc) is 4.00. The molecule has 4 aliphatic carbocycles. The number of carbonyl (C=O) groups excluding carboxylic acids is 4. The highest BCUT2D eigenvalue weighted by molar-refractivity contribution is 6.03. The molecule has 2 heterocycles. The zero-order valence-electron chi connectivity index (χ0n) is 26.7. The van der Waals surface area contributed by atoms with Crippen LogP contribution < -0.4 is 21.3 Å². The Labute approximate surface area is 276 Å². The molecule has 1 unspecified atom stereocenters. The van der Waals surface area contributed by atoms with E-state index >= 15 is 0 Å². The predicted octanol–water partition coefficient (Wildman–Crippen LogP) is 3.97. The van der Waals surface area contributed by atoms with Crippen LogP contribution in [0.25, 0.3) is 0 Å². The molecule has 48 heavy (non-hydrogen) atoms. The van der Waals surface area contributed by atoms with Gasteiger partial charge in [0.1, 0.15) is 23.1 Å². The fraction of sp³-hybridized carbons (Fsp3) is 0.486. The van der Waals surface area contributed by atoms with E-state index in [1.807, 2.05) is 12.1 Å². The largest absolute Gasteiger partial charge is 0.338 e. The molecule has 0 radical (unpaired) electrons. The molecule has 12 nitrogen and oxygen atoms in total. The molecule has 5 amide bonds. The molecule has 2 atom stereocenters. The van der Waals surface area contributed by atoms with Gasteiger partial charge in [-0.05, 0) is 110 Å². The van der Waals surface area contributed by atoms with Crippen LogP contribution >= 0.6 is 0 Å². The summed E-state index contributed by atoms with van der Waals surface area (Å²) in [5.74, 6) is -0.940. The van der Waals surface area contributed by atoms with Crippen molar-refractivity contribution in [1.29, 1.82) is 0 Å². The highest BCUT2D eigenvalue weighted by atomic mass is 19.1. The number of hydrogen-bond acceptors (Lipinski definition) is 7. The summed E-state index contributed by atoms with van der Waals surface area (Å²) in [6, 6.07) is 10.2. The van der Waals surface area contributed by atoms with E-state index in [9.17, 15) is 23.6 Å². The van der Waals surface area contributed by atoms with Gasteiger partial charge in [0.25, 0.3) is 11.8 Å². The topological polar surface area (TPSA) is 159 Å². The van der Waals surface area contributed by atoms with Gasteiger partial charge in [0.15, 0.2) is 5.69 Å². The molecule has 1 spiro atoms. The van der Waals surface area contributed by atoms with E-state index < -0.39 is 23.3 Å². The van der Waals surface area contributed by atoms with Crippen LogP contribution in [0, 0.1) is 35.9 Å². The molecule has 250 valence electrons. The van der Waals surface area contributed by atoms with Crippen LogP contribution in [0.4, 0.5) is 20.6 Å². The van der Waals surface area contributed by atoms with Gasteiger partial charge < -0.3 is 26.2 Å². The van der Waals surface area contributed by atoms with Gasteiger partial charge in [-0.25, -0.2) is 13.8 Å². The molecule has 1 saturated heterocycles. The SMILES string of the molecule is Cc1nonc1C(=O)N[C@H](C(=O)Nc1ccc2c(c1)CC(C(=O)Nc1cccc(F)c1)(N1CC3(CC3)CNC1=O)C2)C(C1CC1)C1CC1. The summed E-state index contributed by atoms with van der Waals surface area (Å²) in [5.41, 5.74) is 1.67. The number of anilines is 2. The summed E-state index contributed by atoms with van der Waals surface area (Å²) in [6.45, 7) is 2.67.